The topological polar surface area (TPSA) is 143 Å². The first-order valence-electron chi connectivity index (χ1n) is 11.5. The molecule has 4 aromatic heterocycles. The lowest BCUT2D eigenvalue weighted by Gasteiger charge is -2.33. The second-order valence-electron chi connectivity index (χ2n) is 8.67. The standard InChI is InChI=1S/C23H27N9O3S/c1-15-28-20(21-23(29-15)27-14-26-21)18-10-16(13-31-6-8-32(9-7-31)36(3,33)34)11-25-22(18)30-17-4-5-19(35-2)24-12-17/h4-5,10-12,14H,6-9,13H2,1-3H3,(H,25,30)(H,26,27,28,29)/p+1. The molecule has 4 aromatic rings. The summed E-state index contributed by atoms with van der Waals surface area (Å²) in [7, 11) is -1.57. The van der Waals surface area contributed by atoms with Gasteiger partial charge in [0.15, 0.2) is 11.8 Å². The zero-order valence-electron chi connectivity index (χ0n) is 20.3. The van der Waals surface area contributed by atoms with Crippen LogP contribution in [-0.2, 0) is 16.6 Å². The third-order valence-electron chi connectivity index (χ3n) is 6.07. The van der Waals surface area contributed by atoms with Crippen LogP contribution in [0.4, 0.5) is 11.5 Å². The van der Waals surface area contributed by atoms with E-state index in [0.717, 1.165) is 22.3 Å². The van der Waals surface area contributed by atoms with Crippen LogP contribution in [0.15, 0.2) is 36.9 Å². The molecule has 1 aliphatic heterocycles. The molecule has 12 nitrogen and oxygen atoms in total. The highest BCUT2D eigenvalue weighted by molar-refractivity contribution is 7.88. The van der Waals surface area contributed by atoms with E-state index < -0.39 is 10.0 Å². The van der Waals surface area contributed by atoms with Crippen molar-refractivity contribution < 1.29 is 18.1 Å². The van der Waals surface area contributed by atoms with E-state index in [0.29, 0.717) is 61.6 Å². The molecule has 0 radical (unpaired) electrons. The number of sulfonamides is 1. The number of nitrogens with zero attached hydrogens (tertiary/aromatic N) is 6. The molecule has 1 aliphatic rings. The molecular weight excluding hydrogens is 482 g/mol. The molecule has 1 fully saturated rings. The van der Waals surface area contributed by atoms with Gasteiger partial charge in [0, 0.05) is 44.5 Å². The Kier molecular flexibility index (Phi) is 6.51. The first-order chi connectivity index (χ1) is 17.3. The molecule has 36 heavy (non-hydrogen) atoms. The molecule has 0 aliphatic carbocycles. The zero-order chi connectivity index (χ0) is 25.3. The van der Waals surface area contributed by atoms with Crippen LogP contribution in [0, 0.1) is 6.92 Å². The molecule has 0 unspecified atom stereocenters. The molecule has 1 saturated heterocycles. The van der Waals surface area contributed by atoms with E-state index in [2.05, 4.69) is 36.2 Å². The summed E-state index contributed by atoms with van der Waals surface area (Å²) in [5.74, 6) is 1.88. The Balaban J connectivity index is 1.48. The Labute approximate surface area is 208 Å². The Morgan fingerprint density at radius 1 is 1.17 bits per heavy atom. The fourth-order valence-electron chi connectivity index (χ4n) is 4.24. The Bertz CT molecular complexity index is 1480. The summed E-state index contributed by atoms with van der Waals surface area (Å²) in [5.41, 5.74) is 4.62. The van der Waals surface area contributed by atoms with Gasteiger partial charge in [-0.25, -0.2) is 28.4 Å². The maximum atomic E-state index is 11.8. The number of pyridine rings is 2. The van der Waals surface area contributed by atoms with Crippen molar-refractivity contribution in [3.05, 3.63) is 48.3 Å². The fraction of sp³-hybridized carbons (Fsp3) is 0.348. The summed E-state index contributed by atoms with van der Waals surface area (Å²) in [4.78, 5) is 26.7. The van der Waals surface area contributed by atoms with Crippen LogP contribution in [0.1, 0.15) is 11.4 Å². The van der Waals surface area contributed by atoms with Crippen molar-refractivity contribution in [2.24, 2.45) is 0 Å². The molecular formula is C23H28N9O3S+. The first kappa shape index (κ1) is 24.0. The van der Waals surface area contributed by atoms with Gasteiger partial charge >= 0.3 is 5.88 Å². The Morgan fingerprint density at radius 3 is 2.67 bits per heavy atom. The van der Waals surface area contributed by atoms with Crippen molar-refractivity contribution in [1.82, 2.24) is 34.1 Å². The van der Waals surface area contributed by atoms with Crippen LogP contribution in [0.5, 0.6) is 5.88 Å². The number of nitrogens with one attached hydrogen (secondary N) is 3. The Hall–Kier alpha value is -3.68. The molecule has 0 saturated carbocycles. The van der Waals surface area contributed by atoms with Gasteiger partial charge in [-0.05, 0) is 24.6 Å². The molecule has 188 valence electrons. The van der Waals surface area contributed by atoms with E-state index in [4.69, 9.17) is 14.7 Å². The van der Waals surface area contributed by atoms with Crippen molar-refractivity contribution >= 4 is 32.7 Å². The van der Waals surface area contributed by atoms with Crippen molar-refractivity contribution in [2.45, 2.75) is 13.5 Å². The van der Waals surface area contributed by atoms with E-state index in [1.165, 1.54) is 10.6 Å². The summed E-state index contributed by atoms with van der Waals surface area (Å²) >= 11 is 0. The lowest BCUT2D eigenvalue weighted by atomic mass is 10.1. The van der Waals surface area contributed by atoms with Gasteiger partial charge in [0.05, 0.1) is 25.8 Å². The minimum Gasteiger partial charge on any atom is -0.448 e. The summed E-state index contributed by atoms with van der Waals surface area (Å²) < 4.78 is 30.4. The summed E-state index contributed by atoms with van der Waals surface area (Å²) in [5, 5.41) is 3.37. The number of imidazole rings is 1. The van der Waals surface area contributed by atoms with Gasteiger partial charge in [0.2, 0.25) is 10.0 Å². The lowest BCUT2D eigenvalue weighted by molar-refractivity contribution is -0.392. The number of aryl methyl sites for hydroxylation is 1. The van der Waals surface area contributed by atoms with E-state index in [1.807, 2.05) is 25.3 Å². The number of ether oxygens (including phenoxy) is 1. The van der Waals surface area contributed by atoms with Crippen molar-refractivity contribution in [3.63, 3.8) is 0 Å². The van der Waals surface area contributed by atoms with E-state index in [9.17, 15) is 8.42 Å². The number of aromatic amines is 2. The minimum absolute atomic E-state index is 0.479. The van der Waals surface area contributed by atoms with Crippen LogP contribution in [0.3, 0.4) is 0 Å². The number of rotatable bonds is 7. The predicted molar refractivity (Wildman–Crippen MR) is 134 cm³/mol. The average Bonchev–Trinajstić information content (AvgIpc) is 3.33. The number of hydrogen-bond acceptors (Lipinski definition) is 9. The zero-order valence-corrected chi connectivity index (χ0v) is 21.1. The molecule has 0 atom stereocenters. The van der Waals surface area contributed by atoms with Crippen molar-refractivity contribution in [2.75, 3.05) is 44.9 Å². The first-order valence-corrected chi connectivity index (χ1v) is 13.3. The number of piperazine rings is 1. The van der Waals surface area contributed by atoms with Gasteiger partial charge in [-0.15, -0.1) is 0 Å². The molecule has 0 amide bonds. The molecule has 0 aromatic carbocycles. The molecule has 5 rings (SSSR count). The second kappa shape index (κ2) is 9.76. The van der Waals surface area contributed by atoms with Gasteiger partial charge in [-0.3, -0.25) is 4.90 Å². The fourth-order valence-corrected chi connectivity index (χ4v) is 5.07. The number of hydrogen-bond donors (Lipinski definition) is 2. The maximum absolute atomic E-state index is 11.8. The molecule has 5 heterocycles. The van der Waals surface area contributed by atoms with Gasteiger partial charge < -0.3 is 15.0 Å². The van der Waals surface area contributed by atoms with Crippen molar-refractivity contribution in [1.29, 1.82) is 0 Å². The van der Waals surface area contributed by atoms with Gasteiger partial charge in [-0.2, -0.15) is 9.29 Å². The number of methoxy groups -OCH3 is 1. The smallest absolute Gasteiger partial charge is 0.365 e. The van der Waals surface area contributed by atoms with E-state index >= 15 is 0 Å². The lowest BCUT2D eigenvalue weighted by Crippen LogP contribution is -2.47. The van der Waals surface area contributed by atoms with Gasteiger partial charge in [0.25, 0.3) is 0 Å². The monoisotopic (exact) mass is 510 g/mol. The van der Waals surface area contributed by atoms with Crippen LogP contribution in [-0.4, -0.2) is 82.1 Å². The molecule has 13 heteroatoms. The average molecular weight is 511 g/mol. The SMILES string of the molecule is COc1ccc(Nc2ncc(CN3CCN(S(C)(=O)=O)CC3)cc2-c2nc(C)nc3nc[nH]c23)c[nH+]1. The minimum atomic E-state index is -3.17. The quantitative estimate of drug-likeness (QED) is 0.377. The number of fused-ring (bicyclic) bond motifs is 1. The largest absolute Gasteiger partial charge is 0.448 e. The second-order valence-corrected chi connectivity index (χ2v) is 10.7. The number of anilines is 2. The predicted octanol–water partition coefficient (Wildman–Crippen LogP) is 1.37. The molecule has 0 spiro atoms. The summed E-state index contributed by atoms with van der Waals surface area (Å²) in [6.07, 6.45) is 6.49. The highest BCUT2D eigenvalue weighted by Crippen LogP contribution is 2.32. The van der Waals surface area contributed by atoms with Crippen LogP contribution < -0.4 is 15.0 Å². The van der Waals surface area contributed by atoms with Gasteiger partial charge in [0.1, 0.15) is 28.5 Å². The number of aromatic nitrogens is 6. The molecule has 0 bridgehead atoms. The number of H-pyrrole nitrogens is 2. The van der Waals surface area contributed by atoms with E-state index in [-0.39, 0.29) is 0 Å². The highest BCUT2D eigenvalue weighted by atomic mass is 32.2. The third-order valence-corrected chi connectivity index (χ3v) is 7.37. The van der Waals surface area contributed by atoms with Crippen LogP contribution in [0.25, 0.3) is 22.4 Å². The maximum Gasteiger partial charge on any atom is 0.365 e. The third kappa shape index (κ3) is 5.12. The van der Waals surface area contributed by atoms with Crippen molar-refractivity contribution in [3.8, 4) is 17.1 Å². The highest BCUT2D eigenvalue weighted by Gasteiger charge is 2.24. The molecule has 3 N–H and O–H groups in total. The summed E-state index contributed by atoms with van der Waals surface area (Å²) in [6.45, 7) is 4.74. The Morgan fingerprint density at radius 2 is 1.97 bits per heavy atom. The normalized spacial score (nSPS) is 15.3. The van der Waals surface area contributed by atoms with Crippen LogP contribution >= 0.6 is 0 Å². The van der Waals surface area contributed by atoms with Gasteiger partial charge in [-0.1, -0.05) is 0 Å². The van der Waals surface area contributed by atoms with E-state index in [1.54, 1.807) is 19.6 Å². The summed E-state index contributed by atoms with van der Waals surface area (Å²) in [6, 6.07) is 5.79. The van der Waals surface area contributed by atoms with Crippen LogP contribution in [0.2, 0.25) is 0 Å².